The highest BCUT2D eigenvalue weighted by molar-refractivity contribution is 5.85. The molecular formula is C24H28FN3O4. The van der Waals surface area contributed by atoms with Gasteiger partial charge in [-0.25, -0.2) is 4.39 Å². The molecule has 2 aromatic carbocycles. The summed E-state index contributed by atoms with van der Waals surface area (Å²) in [7, 11) is 0. The van der Waals surface area contributed by atoms with Gasteiger partial charge in [0.15, 0.2) is 6.61 Å². The SMILES string of the molecule is Cc1ccc(OCC(=O)NNC(=O)C2CCCN(C(=O)Cc3ccc(F)cc3)C2)cc1C. The molecule has 2 aromatic rings. The Morgan fingerprint density at radius 3 is 2.53 bits per heavy atom. The van der Waals surface area contributed by atoms with Gasteiger partial charge in [-0.3, -0.25) is 25.2 Å². The van der Waals surface area contributed by atoms with E-state index in [1.54, 1.807) is 23.1 Å². The second-order valence-corrected chi connectivity index (χ2v) is 8.05. The lowest BCUT2D eigenvalue weighted by molar-refractivity contribution is -0.137. The Labute approximate surface area is 186 Å². The molecule has 1 aliphatic rings. The Kier molecular flexibility index (Phi) is 7.81. The standard InChI is InChI=1S/C24H28FN3O4/c1-16-5-10-21(12-17(16)2)32-15-22(29)26-27-24(31)19-4-3-11-28(14-19)23(30)13-18-6-8-20(25)9-7-18/h5-10,12,19H,3-4,11,13-15H2,1-2H3,(H,26,29)(H,27,31). The molecule has 170 valence electrons. The highest BCUT2D eigenvalue weighted by Crippen LogP contribution is 2.18. The molecule has 0 radical (unpaired) electrons. The van der Waals surface area contributed by atoms with E-state index in [1.807, 2.05) is 26.0 Å². The third kappa shape index (κ3) is 6.54. The summed E-state index contributed by atoms with van der Waals surface area (Å²) in [5, 5.41) is 0. The Morgan fingerprint density at radius 1 is 1.06 bits per heavy atom. The number of hydrazine groups is 1. The fourth-order valence-electron chi connectivity index (χ4n) is 3.53. The molecule has 1 unspecified atom stereocenters. The van der Waals surface area contributed by atoms with Crippen LogP contribution in [0, 0.1) is 25.6 Å². The van der Waals surface area contributed by atoms with Crippen molar-refractivity contribution in [3.63, 3.8) is 0 Å². The van der Waals surface area contributed by atoms with Gasteiger partial charge in [0.25, 0.3) is 5.91 Å². The van der Waals surface area contributed by atoms with E-state index in [1.165, 1.54) is 12.1 Å². The molecule has 1 atom stereocenters. The predicted octanol–water partition coefficient (Wildman–Crippen LogP) is 2.45. The van der Waals surface area contributed by atoms with Gasteiger partial charge in [0.05, 0.1) is 12.3 Å². The van der Waals surface area contributed by atoms with Crippen molar-refractivity contribution in [3.05, 3.63) is 65.0 Å². The van der Waals surface area contributed by atoms with E-state index in [4.69, 9.17) is 4.74 Å². The smallest absolute Gasteiger partial charge is 0.276 e. The quantitative estimate of drug-likeness (QED) is 0.674. The van der Waals surface area contributed by atoms with E-state index in [0.717, 1.165) is 16.7 Å². The molecule has 8 heteroatoms. The van der Waals surface area contributed by atoms with Gasteiger partial charge in [-0.1, -0.05) is 18.2 Å². The number of piperidine rings is 1. The second-order valence-electron chi connectivity index (χ2n) is 8.05. The van der Waals surface area contributed by atoms with Crippen LogP contribution in [0.4, 0.5) is 4.39 Å². The van der Waals surface area contributed by atoms with Crippen molar-refractivity contribution in [2.75, 3.05) is 19.7 Å². The normalized spacial score (nSPS) is 15.7. The van der Waals surface area contributed by atoms with Crippen molar-refractivity contribution in [1.29, 1.82) is 0 Å². The van der Waals surface area contributed by atoms with Crippen LogP contribution in [0.15, 0.2) is 42.5 Å². The maximum atomic E-state index is 13.0. The largest absolute Gasteiger partial charge is 0.484 e. The van der Waals surface area contributed by atoms with Crippen LogP contribution < -0.4 is 15.6 Å². The number of benzene rings is 2. The minimum Gasteiger partial charge on any atom is -0.484 e. The Bertz CT molecular complexity index is 978. The van der Waals surface area contributed by atoms with Crippen molar-refractivity contribution in [3.8, 4) is 5.75 Å². The maximum Gasteiger partial charge on any atom is 0.276 e. The van der Waals surface area contributed by atoms with Crippen molar-refractivity contribution in [2.45, 2.75) is 33.1 Å². The topological polar surface area (TPSA) is 87.7 Å². The molecule has 7 nitrogen and oxygen atoms in total. The van der Waals surface area contributed by atoms with E-state index in [-0.39, 0.29) is 37.2 Å². The van der Waals surface area contributed by atoms with Crippen LogP contribution in [0.5, 0.6) is 5.75 Å². The number of amides is 3. The van der Waals surface area contributed by atoms with Gasteiger partial charge in [0.1, 0.15) is 11.6 Å². The molecule has 1 fully saturated rings. The molecule has 0 aliphatic carbocycles. The number of hydrogen-bond donors (Lipinski definition) is 2. The number of rotatable bonds is 6. The average Bonchev–Trinajstić information content (AvgIpc) is 2.79. The van der Waals surface area contributed by atoms with Crippen LogP contribution in [0.3, 0.4) is 0 Å². The molecule has 0 saturated carbocycles. The van der Waals surface area contributed by atoms with Crippen molar-refractivity contribution in [1.82, 2.24) is 15.8 Å². The summed E-state index contributed by atoms with van der Waals surface area (Å²) in [5.74, 6) is -1.11. The molecule has 1 heterocycles. The Morgan fingerprint density at radius 2 is 1.81 bits per heavy atom. The lowest BCUT2D eigenvalue weighted by atomic mass is 9.97. The fraction of sp³-hybridized carbons (Fsp3) is 0.375. The summed E-state index contributed by atoms with van der Waals surface area (Å²) in [6, 6.07) is 11.3. The Balaban J connectivity index is 1.43. The summed E-state index contributed by atoms with van der Waals surface area (Å²) in [5.41, 5.74) is 7.70. The fourth-order valence-corrected chi connectivity index (χ4v) is 3.53. The molecule has 0 bridgehead atoms. The van der Waals surface area contributed by atoms with Gasteiger partial charge in [0.2, 0.25) is 11.8 Å². The molecule has 0 aromatic heterocycles. The lowest BCUT2D eigenvalue weighted by Gasteiger charge is -2.32. The van der Waals surface area contributed by atoms with Gasteiger partial charge in [0, 0.05) is 13.1 Å². The summed E-state index contributed by atoms with van der Waals surface area (Å²) in [6.45, 7) is 4.57. The van der Waals surface area contributed by atoms with Crippen LogP contribution in [-0.2, 0) is 20.8 Å². The third-order valence-corrected chi connectivity index (χ3v) is 5.59. The van der Waals surface area contributed by atoms with Gasteiger partial charge in [-0.2, -0.15) is 0 Å². The number of carbonyl (C=O) groups excluding carboxylic acids is 3. The predicted molar refractivity (Wildman–Crippen MR) is 117 cm³/mol. The highest BCUT2D eigenvalue weighted by atomic mass is 19.1. The van der Waals surface area contributed by atoms with Crippen LogP contribution in [0.1, 0.15) is 29.5 Å². The van der Waals surface area contributed by atoms with Crippen molar-refractivity contribution >= 4 is 17.7 Å². The van der Waals surface area contributed by atoms with Crippen LogP contribution in [0.25, 0.3) is 0 Å². The average molecular weight is 442 g/mol. The highest BCUT2D eigenvalue weighted by Gasteiger charge is 2.28. The lowest BCUT2D eigenvalue weighted by Crippen LogP contribution is -2.51. The zero-order valence-corrected chi connectivity index (χ0v) is 18.3. The van der Waals surface area contributed by atoms with E-state index in [0.29, 0.717) is 25.1 Å². The van der Waals surface area contributed by atoms with Gasteiger partial charge in [-0.05, 0) is 67.6 Å². The number of nitrogens with one attached hydrogen (secondary N) is 2. The van der Waals surface area contributed by atoms with Gasteiger partial charge >= 0.3 is 0 Å². The summed E-state index contributed by atoms with van der Waals surface area (Å²) in [6.07, 6.45) is 1.47. The van der Waals surface area contributed by atoms with E-state index >= 15 is 0 Å². The van der Waals surface area contributed by atoms with E-state index < -0.39 is 11.8 Å². The first-order valence-electron chi connectivity index (χ1n) is 10.6. The molecular weight excluding hydrogens is 413 g/mol. The number of carbonyl (C=O) groups is 3. The van der Waals surface area contributed by atoms with Crippen molar-refractivity contribution < 1.29 is 23.5 Å². The number of hydrogen-bond acceptors (Lipinski definition) is 4. The van der Waals surface area contributed by atoms with E-state index in [2.05, 4.69) is 10.9 Å². The first kappa shape index (κ1) is 23.2. The Hall–Kier alpha value is -3.42. The second kappa shape index (κ2) is 10.7. The molecule has 3 amide bonds. The molecule has 2 N–H and O–H groups in total. The zero-order valence-electron chi connectivity index (χ0n) is 18.3. The van der Waals surface area contributed by atoms with Crippen molar-refractivity contribution in [2.24, 2.45) is 5.92 Å². The summed E-state index contributed by atoms with van der Waals surface area (Å²) >= 11 is 0. The first-order valence-corrected chi connectivity index (χ1v) is 10.6. The van der Waals surface area contributed by atoms with E-state index in [9.17, 15) is 18.8 Å². The maximum absolute atomic E-state index is 13.0. The molecule has 1 saturated heterocycles. The van der Waals surface area contributed by atoms with Crippen LogP contribution in [0.2, 0.25) is 0 Å². The number of likely N-dealkylation sites (tertiary alicyclic amines) is 1. The molecule has 3 rings (SSSR count). The minimum absolute atomic E-state index is 0.111. The molecule has 1 aliphatic heterocycles. The molecule has 32 heavy (non-hydrogen) atoms. The first-order chi connectivity index (χ1) is 15.3. The summed E-state index contributed by atoms with van der Waals surface area (Å²) < 4.78 is 18.5. The number of ether oxygens (including phenoxy) is 1. The van der Waals surface area contributed by atoms with Crippen LogP contribution >= 0.6 is 0 Å². The van der Waals surface area contributed by atoms with Crippen LogP contribution in [-0.4, -0.2) is 42.3 Å². The third-order valence-electron chi connectivity index (χ3n) is 5.59. The minimum atomic E-state index is -0.475. The van der Waals surface area contributed by atoms with Gasteiger partial charge in [-0.15, -0.1) is 0 Å². The molecule has 0 spiro atoms. The number of halogens is 1. The number of aryl methyl sites for hydroxylation is 2. The number of nitrogens with zero attached hydrogens (tertiary/aromatic N) is 1. The monoisotopic (exact) mass is 441 g/mol. The summed E-state index contributed by atoms with van der Waals surface area (Å²) in [4.78, 5) is 38.7. The van der Waals surface area contributed by atoms with Gasteiger partial charge < -0.3 is 9.64 Å². The zero-order chi connectivity index (χ0) is 23.1.